The molecule has 1 fully saturated rings. The van der Waals surface area contributed by atoms with Crippen molar-refractivity contribution in [2.24, 2.45) is 0 Å². The highest BCUT2D eigenvalue weighted by Gasteiger charge is 2.44. The van der Waals surface area contributed by atoms with Gasteiger partial charge in [0, 0.05) is 25.3 Å². The van der Waals surface area contributed by atoms with Crippen LogP contribution in [0.25, 0.3) is 11.2 Å². The maximum atomic E-state index is 10.5. The summed E-state index contributed by atoms with van der Waals surface area (Å²) in [6, 6.07) is 9.96. The van der Waals surface area contributed by atoms with Crippen molar-refractivity contribution in [1.82, 2.24) is 24.4 Å². The average Bonchev–Trinajstić information content (AvgIpc) is 3.26. The van der Waals surface area contributed by atoms with E-state index in [0.717, 1.165) is 18.8 Å². The largest absolute Gasteiger partial charge is 0.387 e. The lowest BCUT2D eigenvalue weighted by Gasteiger charge is -2.23. The zero-order valence-electron chi connectivity index (χ0n) is 16.1. The number of rotatable bonds is 7. The van der Waals surface area contributed by atoms with Gasteiger partial charge in [-0.1, -0.05) is 18.2 Å². The third-order valence-electron chi connectivity index (χ3n) is 5.09. The van der Waals surface area contributed by atoms with Gasteiger partial charge >= 0.3 is 0 Å². The van der Waals surface area contributed by atoms with Crippen molar-refractivity contribution in [3.63, 3.8) is 0 Å². The molecule has 0 aliphatic carbocycles. The molecular formula is C19H25N7O3. The molecule has 0 amide bonds. The summed E-state index contributed by atoms with van der Waals surface area (Å²) in [7, 11) is 1.95. The van der Waals surface area contributed by atoms with Gasteiger partial charge in [0.1, 0.15) is 30.2 Å². The Bertz CT molecular complexity index is 951. The van der Waals surface area contributed by atoms with Gasteiger partial charge in [-0.3, -0.25) is 4.57 Å². The molecule has 4 rings (SSSR count). The molecule has 1 saturated heterocycles. The summed E-state index contributed by atoms with van der Waals surface area (Å²) in [5.41, 5.74) is 7.77. The van der Waals surface area contributed by atoms with Crippen LogP contribution in [0.4, 0.5) is 11.5 Å². The molecule has 0 radical (unpaired) electrons. The Balaban J connectivity index is 1.37. The Kier molecular flexibility index (Phi) is 5.58. The van der Waals surface area contributed by atoms with Crippen molar-refractivity contribution < 1.29 is 14.9 Å². The van der Waals surface area contributed by atoms with Gasteiger partial charge in [0.2, 0.25) is 0 Å². The number of anilines is 2. The molecule has 0 saturated carbocycles. The maximum absolute atomic E-state index is 10.5. The molecule has 0 bridgehead atoms. The Morgan fingerprint density at radius 3 is 2.76 bits per heavy atom. The number of fused-ring (bicyclic) bond motifs is 1. The summed E-state index contributed by atoms with van der Waals surface area (Å²) in [5.74, 6) is 0.254. The van der Waals surface area contributed by atoms with Gasteiger partial charge in [0.15, 0.2) is 17.7 Å². The molecule has 2 aromatic heterocycles. The molecule has 0 spiro atoms. The van der Waals surface area contributed by atoms with Crippen LogP contribution in [-0.4, -0.2) is 79.6 Å². The van der Waals surface area contributed by atoms with Gasteiger partial charge in [-0.05, 0) is 19.2 Å². The van der Waals surface area contributed by atoms with Crippen LogP contribution in [0.5, 0.6) is 0 Å². The summed E-state index contributed by atoms with van der Waals surface area (Å²) in [6.45, 7) is 1.96. The number of ether oxygens (including phenoxy) is 1. The highest BCUT2D eigenvalue weighted by molar-refractivity contribution is 5.81. The number of hydrogen-bond acceptors (Lipinski definition) is 9. The quantitative estimate of drug-likeness (QED) is 0.435. The summed E-state index contributed by atoms with van der Waals surface area (Å²) >= 11 is 0. The molecule has 29 heavy (non-hydrogen) atoms. The molecule has 10 nitrogen and oxygen atoms in total. The van der Waals surface area contributed by atoms with E-state index in [1.54, 1.807) is 4.57 Å². The SMILES string of the molecule is CN(CCNc1ccccc1)C[C@H]1O[C@@H](n2cnc3c(N)ncnc32)[C@H](O)[C@@H]1O. The standard InChI is InChI=1S/C19H25N7O3/c1-25(8-7-21-12-5-3-2-4-6-12)9-13-15(27)16(28)19(29-13)26-11-24-14-17(20)22-10-23-18(14)26/h2-6,10-11,13,15-16,19,21,27-28H,7-9H2,1H3,(H2,20,22,23)/t13-,15-,16-,19-/m1/s1. The lowest BCUT2D eigenvalue weighted by Crippen LogP contribution is -2.39. The van der Waals surface area contributed by atoms with E-state index >= 15 is 0 Å². The molecule has 1 aliphatic rings. The smallest absolute Gasteiger partial charge is 0.167 e. The molecule has 1 aromatic carbocycles. The number of aliphatic hydroxyl groups excluding tert-OH is 2. The molecule has 0 unspecified atom stereocenters. The second-order valence-corrected chi connectivity index (χ2v) is 7.18. The highest BCUT2D eigenvalue weighted by atomic mass is 16.6. The van der Waals surface area contributed by atoms with Crippen LogP contribution < -0.4 is 11.1 Å². The van der Waals surface area contributed by atoms with E-state index in [2.05, 4.69) is 20.3 Å². The van der Waals surface area contributed by atoms with Crippen LogP contribution in [0.15, 0.2) is 43.0 Å². The second-order valence-electron chi connectivity index (χ2n) is 7.18. The van der Waals surface area contributed by atoms with Gasteiger partial charge in [-0.2, -0.15) is 0 Å². The van der Waals surface area contributed by atoms with Crippen LogP contribution in [0.2, 0.25) is 0 Å². The Morgan fingerprint density at radius 1 is 1.17 bits per heavy atom. The first-order valence-electron chi connectivity index (χ1n) is 9.46. The summed E-state index contributed by atoms with van der Waals surface area (Å²) < 4.78 is 7.55. The van der Waals surface area contributed by atoms with Crippen molar-refractivity contribution in [1.29, 1.82) is 0 Å². The van der Waals surface area contributed by atoms with Gasteiger partial charge in [0.25, 0.3) is 0 Å². The summed E-state index contributed by atoms with van der Waals surface area (Å²) in [5, 5.41) is 24.4. The number of aromatic nitrogens is 4. The molecule has 4 atom stereocenters. The van der Waals surface area contributed by atoms with E-state index in [9.17, 15) is 10.2 Å². The number of likely N-dealkylation sites (N-methyl/N-ethyl adjacent to an activating group) is 1. The number of aliphatic hydroxyl groups is 2. The lowest BCUT2D eigenvalue weighted by atomic mass is 10.1. The van der Waals surface area contributed by atoms with Crippen LogP contribution in [0, 0.1) is 0 Å². The zero-order valence-corrected chi connectivity index (χ0v) is 16.1. The van der Waals surface area contributed by atoms with E-state index < -0.39 is 24.5 Å². The lowest BCUT2D eigenvalue weighted by molar-refractivity contribution is -0.0419. The minimum absolute atomic E-state index is 0.254. The number of hydrogen-bond donors (Lipinski definition) is 4. The first-order chi connectivity index (χ1) is 14.0. The normalized spacial score (nSPS) is 24.4. The molecule has 3 aromatic rings. The molecule has 3 heterocycles. The molecule has 154 valence electrons. The predicted molar refractivity (Wildman–Crippen MR) is 108 cm³/mol. The van der Waals surface area contributed by atoms with Crippen LogP contribution in [0.3, 0.4) is 0 Å². The van der Waals surface area contributed by atoms with Crippen molar-refractivity contribution in [3.8, 4) is 0 Å². The third-order valence-corrected chi connectivity index (χ3v) is 5.09. The Morgan fingerprint density at radius 2 is 1.97 bits per heavy atom. The monoisotopic (exact) mass is 399 g/mol. The third kappa shape index (κ3) is 4.01. The fraction of sp³-hybridized carbons (Fsp3) is 0.421. The van der Waals surface area contributed by atoms with Crippen molar-refractivity contribution in [2.75, 3.05) is 37.7 Å². The van der Waals surface area contributed by atoms with Gasteiger partial charge in [0.05, 0.1) is 6.33 Å². The highest BCUT2D eigenvalue weighted by Crippen LogP contribution is 2.32. The molecule has 10 heteroatoms. The fourth-order valence-corrected chi connectivity index (χ4v) is 3.51. The van der Waals surface area contributed by atoms with E-state index in [-0.39, 0.29) is 5.82 Å². The summed E-state index contributed by atoms with van der Waals surface area (Å²) in [6.07, 6.45) is -0.658. The van der Waals surface area contributed by atoms with Gasteiger partial charge < -0.3 is 30.9 Å². The summed E-state index contributed by atoms with van der Waals surface area (Å²) in [4.78, 5) is 14.3. The van der Waals surface area contributed by atoms with Crippen LogP contribution in [-0.2, 0) is 4.74 Å². The Labute approximate surface area is 168 Å². The topological polar surface area (TPSA) is 135 Å². The fourth-order valence-electron chi connectivity index (χ4n) is 3.51. The number of nitrogen functional groups attached to an aromatic ring is 1. The number of benzene rings is 1. The van der Waals surface area contributed by atoms with Crippen LogP contribution >= 0.6 is 0 Å². The number of imidazole rings is 1. The minimum atomic E-state index is -1.11. The van der Waals surface area contributed by atoms with E-state index in [1.807, 2.05) is 42.3 Å². The van der Waals surface area contributed by atoms with Crippen LogP contribution in [0.1, 0.15) is 6.23 Å². The van der Waals surface area contributed by atoms with Gasteiger partial charge in [-0.25, -0.2) is 15.0 Å². The van der Waals surface area contributed by atoms with Gasteiger partial charge in [-0.15, -0.1) is 0 Å². The number of nitrogens with zero attached hydrogens (tertiary/aromatic N) is 5. The molecule has 1 aliphatic heterocycles. The average molecular weight is 399 g/mol. The van der Waals surface area contributed by atoms with Crippen molar-refractivity contribution >= 4 is 22.7 Å². The predicted octanol–water partition coefficient (Wildman–Crippen LogP) is 0.0716. The maximum Gasteiger partial charge on any atom is 0.167 e. The number of nitrogens with one attached hydrogen (secondary N) is 1. The molecule has 5 N–H and O–H groups in total. The molecular weight excluding hydrogens is 374 g/mol. The Hall–Kier alpha value is -2.79. The van der Waals surface area contributed by atoms with Crippen molar-refractivity contribution in [3.05, 3.63) is 43.0 Å². The van der Waals surface area contributed by atoms with E-state index in [0.29, 0.717) is 17.7 Å². The first kappa shape index (κ1) is 19.5. The van der Waals surface area contributed by atoms with Crippen molar-refractivity contribution in [2.45, 2.75) is 24.5 Å². The van der Waals surface area contributed by atoms with E-state index in [4.69, 9.17) is 10.5 Å². The number of para-hydroxylation sites is 1. The minimum Gasteiger partial charge on any atom is -0.387 e. The van der Waals surface area contributed by atoms with E-state index in [1.165, 1.54) is 12.7 Å². The zero-order chi connectivity index (χ0) is 20.4. The first-order valence-corrected chi connectivity index (χ1v) is 9.46. The second kappa shape index (κ2) is 8.29. The number of nitrogens with two attached hydrogens (primary N) is 1.